The molecule has 4 aromatic carbocycles. The van der Waals surface area contributed by atoms with Crippen molar-refractivity contribution in [3.8, 4) is 0 Å². The normalized spacial score (nSPS) is 13.2. The summed E-state index contributed by atoms with van der Waals surface area (Å²) in [7, 11) is -3.74. The Balaban J connectivity index is 1.51. The summed E-state index contributed by atoms with van der Waals surface area (Å²) in [5.41, 5.74) is 4.59. The molecule has 0 aliphatic carbocycles. The van der Waals surface area contributed by atoms with Crippen LogP contribution in [-0.2, 0) is 48.5 Å². The fourth-order valence-electron chi connectivity index (χ4n) is 4.52. The molecule has 0 spiro atoms. The van der Waals surface area contributed by atoms with Crippen LogP contribution in [0.1, 0.15) is 28.7 Å². The fraction of sp³-hybridized carbons (Fsp3) is 0.314. The van der Waals surface area contributed by atoms with Crippen molar-refractivity contribution in [2.24, 2.45) is 5.92 Å². The molecule has 0 saturated carbocycles. The summed E-state index contributed by atoms with van der Waals surface area (Å²) < 4.78 is 43.1. The minimum absolute atomic E-state index is 0.140. The molecule has 0 saturated heterocycles. The van der Waals surface area contributed by atoms with Gasteiger partial charge in [-0.05, 0) is 28.7 Å². The maximum Gasteiger partial charge on any atom is 0.264 e. The molecule has 0 aromatic heterocycles. The van der Waals surface area contributed by atoms with Gasteiger partial charge in [0.2, 0.25) is 0 Å². The lowest BCUT2D eigenvalue weighted by molar-refractivity contribution is -0.0181. The second kappa shape index (κ2) is 18.3. The van der Waals surface area contributed by atoms with Crippen molar-refractivity contribution in [2.75, 3.05) is 19.5 Å². The van der Waals surface area contributed by atoms with Crippen LogP contribution in [0.4, 0.5) is 0 Å². The van der Waals surface area contributed by atoms with Crippen LogP contribution in [-0.4, -0.2) is 38.6 Å². The summed E-state index contributed by atoms with van der Waals surface area (Å²) in [5.74, 6) is 1.49. The molecule has 5 nitrogen and oxygen atoms in total. The first-order chi connectivity index (χ1) is 20.9. The van der Waals surface area contributed by atoms with Gasteiger partial charge in [0.1, 0.15) is 6.10 Å². The Labute approximate surface area is 265 Å². The van der Waals surface area contributed by atoms with Crippen molar-refractivity contribution >= 4 is 33.6 Å². The smallest absolute Gasteiger partial charge is 0.264 e. The molecule has 4 aromatic rings. The van der Waals surface area contributed by atoms with E-state index >= 15 is 0 Å². The molecule has 0 unspecified atom stereocenters. The predicted molar refractivity (Wildman–Crippen MR) is 179 cm³/mol. The Morgan fingerprint density at radius 3 is 1.40 bits per heavy atom. The summed E-state index contributed by atoms with van der Waals surface area (Å²) in [6, 6.07) is 40.7. The van der Waals surface area contributed by atoms with Crippen molar-refractivity contribution in [1.82, 2.24) is 0 Å². The highest BCUT2D eigenvalue weighted by Crippen LogP contribution is 2.36. The third-order valence-corrected chi connectivity index (χ3v) is 10.3. The topological polar surface area (TPSA) is 61.8 Å². The second-order valence-corrected chi connectivity index (χ2v) is 14.6. The molecule has 0 aliphatic heterocycles. The van der Waals surface area contributed by atoms with Gasteiger partial charge in [-0.1, -0.05) is 121 Å². The zero-order chi connectivity index (χ0) is 30.2. The van der Waals surface area contributed by atoms with Crippen molar-refractivity contribution in [1.29, 1.82) is 0 Å². The van der Waals surface area contributed by atoms with E-state index in [-0.39, 0.29) is 17.1 Å². The lowest BCUT2D eigenvalue weighted by atomic mass is 10.0. The first-order valence-corrected chi connectivity index (χ1v) is 18.3. The molecular formula is C35H40O5S3. The van der Waals surface area contributed by atoms with Gasteiger partial charge in [0.05, 0.1) is 37.3 Å². The summed E-state index contributed by atoms with van der Waals surface area (Å²) in [4.78, 5) is 0. The fourth-order valence-corrected chi connectivity index (χ4v) is 7.88. The van der Waals surface area contributed by atoms with E-state index in [0.717, 1.165) is 28.9 Å². The molecule has 43 heavy (non-hydrogen) atoms. The van der Waals surface area contributed by atoms with Crippen molar-refractivity contribution in [2.45, 2.75) is 41.8 Å². The van der Waals surface area contributed by atoms with E-state index in [2.05, 4.69) is 48.5 Å². The monoisotopic (exact) mass is 636 g/mol. The van der Waals surface area contributed by atoms with Gasteiger partial charge in [-0.3, -0.25) is 4.18 Å². The molecular weight excluding hydrogens is 597 g/mol. The molecule has 0 amide bonds. The minimum atomic E-state index is -3.74. The van der Waals surface area contributed by atoms with E-state index in [9.17, 15) is 8.42 Å². The van der Waals surface area contributed by atoms with Crippen LogP contribution in [0.15, 0.2) is 121 Å². The third-order valence-electron chi connectivity index (χ3n) is 6.71. The summed E-state index contributed by atoms with van der Waals surface area (Å²) in [6.45, 7) is 1.29. The molecule has 0 heterocycles. The van der Waals surface area contributed by atoms with Gasteiger partial charge in [0.25, 0.3) is 10.1 Å². The Hall–Kier alpha value is -2.59. The van der Waals surface area contributed by atoms with Crippen molar-refractivity contribution in [3.63, 3.8) is 0 Å². The highest BCUT2D eigenvalue weighted by Gasteiger charge is 2.30. The van der Waals surface area contributed by atoms with E-state index in [1.807, 2.05) is 96.3 Å². The van der Waals surface area contributed by atoms with Crippen LogP contribution in [0.25, 0.3) is 0 Å². The van der Waals surface area contributed by atoms with Gasteiger partial charge in [-0.25, -0.2) is 0 Å². The number of hydrogen-bond donors (Lipinski definition) is 0. The summed E-state index contributed by atoms with van der Waals surface area (Å²) in [6.07, 6.45) is 1.11. The Kier molecular flexibility index (Phi) is 14.2. The molecule has 8 heteroatoms. The molecule has 0 bridgehead atoms. The largest absolute Gasteiger partial charge is 0.376 e. The van der Waals surface area contributed by atoms with Crippen LogP contribution >= 0.6 is 23.5 Å². The van der Waals surface area contributed by atoms with E-state index in [1.165, 1.54) is 11.1 Å². The first kappa shape index (κ1) is 33.3. The number of benzene rings is 4. The number of rotatable bonds is 19. The highest BCUT2D eigenvalue weighted by atomic mass is 32.2. The van der Waals surface area contributed by atoms with Crippen molar-refractivity contribution in [3.05, 3.63) is 144 Å². The van der Waals surface area contributed by atoms with Gasteiger partial charge in [0.15, 0.2) is 0 Å². The zero-order valence-electron chi connectivity index (χ0n) is 24.5. The molecule has 0 fully saturated rings. The van der Waals surface area contributed by atoms with Gasteiger partial charge in [0, 0.05) is 17.4 Å². The number of hydrogen-bond acceptors (Lipinski definition) is 7. The molecule has 4 rings (SSSR count). The van der Waals surface area contributed by atoms with E-state index in [4.69, 9.17) is 13.7 Å². The quantitative estimate of drug-likeness (QED) is 0.0764. The second-order valence-electron chi connectivity index (χ2n) is 10.4. The Morgan fingerprint density at radius 1 is 0.581 bits per heavy atom. The van der Waals surface area contributed by atoms with Gasteiger partial charge < -0.3 is 9.47 Å². The van der Waals surface area contributed by atoms with Crippen LogP contribution in [0, 0.1) is 5.92 Å². The van der Waals surface area contributed by atoms with E-state index < -0.39 is 16.2 Å². The SMILES string of the molecule is CS(=O)(=O)O[C@@H](COCc1ccccc1)[C@@H](COCc1ccccc1)CC(SCc1ccccc1)SCc1ccccc1. The standard InChI is InChI=1S/C35H40O5S3/c1-43(36,37)40-34(26-39-24-30-16-8-3-9-17-30)33(25-38-23-29-14-6-2-7-15-29)22-35(41-27-31-18-10-4-11-19-31)42-28-32-20-12-5-13-21-32/h2-21,33-35H,22-28H2,1H3/t33-,34+/m1/s1. The average Bonchev–Trinajstić information content (AvgIpc) is 3.02. The Morgan fingerprint density at radius 2 is 0.977 bits per heavy atom. The predicted octanol–water partition coefficient (Wildman–Crippen LogP) is 7.96. The zero-order valence-corrected chi connectivity index (χ0v) is 26.9. The molecule has 0 radical (unpaired) electrons. The third kappa shape index (κ3) is 13.3. The lowest BCUT2D eigenvalue weighted by Gasteiger charge is -2.29. The van der Waals surface area contributed by atoms with Gasteiger partial charge in [-0.15, -0.1) is 23.5 Å². The van der Waals surface area contributed by atoms with Gasteiger partial charge >= 0.3 is 0 Å². The van der Waals surface area contributed by atoms with Crippen LogP contribution < -0.4 is 0 Å². The highest BCUT2D eigenvalue weighted by molar-refractivity contribution is 8.16. The van der Waals surface area contributed by atoms with E-state index in [0.29, 0.717) is 26.2 Å². The van der Waals surface area contributed by atoms with E-state index in [1.54, 1.807) is 0 Å². The number of thioether (sulfide) groups is 2. The average molecular weight is 637 g/mol. The summed E-state index contributed by atoms with van der Waals surface area (Å²) >= 11 is 3.74. The molecule has 2 atom stereocenters. The molecule has 228 valence electrons. The van der Waals surface area contributed by atoms with Crippen LogP contribution in [0.5, 0.6) is 0 Å². The molecule has 0 aliphatic rings. The van der Waals surface area contributed by atoms with Crippen LogP contribution in [0.2, 0.25) is 0 Å². The Bertz CT molecular complexity index is 1360. The first-order valence-electron chi connectivity index (χ1n) is 14.4. The molecule has 0 N–H and O–H groups in total. The maximum absolute atomic E-state index is 12.5. The van der Waals surface area contributed by atoms with Gasteiger partial charge in [-0.2, -0.15) is 8.42 Å². The lowest BCUT2D eigenvalue weighted by Crippen LogP contribution is -2.35. The van der Waals surface area contributed by atoms with Crippen LogP contribution in [0.3, 0.4) is 0 Å². The maximum atomic E-state index is 12.5. The van der Waals surface area contributed by atoms with Crippen molar-refractivity contribution < 1.29 is 22.1 Å². The minimum Gasteiger partial charge on any atom is -0.376 e. The summed E-state index contributed by atoms with van der Waals surface area (Å²) in [5, 5.41) is 0. The number of ether oxygens (including phenoxy) is 2.